The Morgan fingerprint density at radius 3 is 2.58 bits per heavy atom. The van der Waals surface area contributed by atoms with Gasteiger partial charge in [0.1, 0.15) is 5.03 Å². The molecule has 1 saturated heterocycles. The standard InChI is InChI=1S/C22H25N5O5S/c1-14-12-16(27(31)32)5-6-18(14)25-20(29)19(28)24-13-15-7-10-26(11-8-15)22(30)17-4-3-9-23-21(17)33-2/h3-6,9,12,15H,7-8,10-11,13H2,1-2H3,(H,24,28)(H,25,29). The highest BCUT2D eigenvalue weighted by atomic mass is 32.2. The van der Waals surface area contributed by atoms with Gasteiger partial charge in [-0.3, -0.25) is 24.5 Å². The molecule has 1 aliphatic rings. The Kier molecular flexibility index (Phi) is 7.99. The average Bonchev–Trinajstić information content (AvgIpc) is 2.83. The van der Waals surface area contributed by atoms with Crippen molar-refractivity contribution in [1.29, 1.82) is 0 Å². The molecule has 11 heteroatoms. The van der Waals surface area contributed by atoms with E-state index in [9.17, 15) is 24.5 Å². The van der Waals surface area contributed by atoms with Gasteiger partial charge in [-0.2, -0.15) is 0 Å². The lowest BCUT2D eigenvalue weighted by Crippen LogP contribution is -2.43. The molecule has 3 amide bonds. The number of nitro groups is 1. The second-order valence-electron chi connectivity index (χ2n) is 7.72. The molecule has 1 fully saturated rings. The van der Waals surface area contributed by atoms with Crippen LogP contribution in [0.15, 0.2) is 41.6 Å². The Hall–Kier alpha value is -3.47. The van der Waals surface area contributed by atoms with E-state index in [2.05, 4.69) is 15.6 Å². The Morgan fingerprint density at radius 1 is 1.21 bits per heavy atom. The molecule has 0 atom stereocenters. The summed E-state index contributed by atoms with van der Waals surface area (Å²) in [6.45, 7) is 3.08. The predicted molar refractivity (Wildman–Crippen MR) is 124 cm³/mol. The molecule has 0 saturated carbocycles. The zero-order valence-electron chi connectivity index (χ0n) is 18.4. The number of piperidine rings is 1. The van der Waals surface area contributed by atoms with Crippen molar-refractivity contribution in [3.05, 3.63) is 57.8 Å². The van der Waals surface area contributed by atoms with E-state index in [4.69, 9.17) is 0 Å². The maximum Gasteiger partial charge on any atom is 0.313 e. The fraction of sp³-hybridized carbons (Fsp3) is 0.364. The highest BCUT2D eigenvalue weighted by Crippen LogP contribution is 2.23. The van der Waals surface area contributed by atoms with Gasteiger partial charge in [-0.05, 0) is 55.7 Å². The number of pyridine rings is 1. The first kappa shape index (κ1) is 24.2. The van der Waals surface area contributed by atoms with Crippen molar-refractivity contribution in [2.75, 3.05) is 31.2 Å². The summed E-state index contributed by atoms with van der Waals surface area (Å²) in [7, 11) is 0. The fourth-order valence-electron chi connectivity index (χ4n) is 3.62. The van der Waals surface area contributed by atoms with Gasteiger partial charge in [0.05, 0.1) is 10.5 Å². The second-order valence-corrected chi connectivity index (χ2v) is 8.51. The van der Waals surface area contributed by atoms with E-state index in [1.165, 1.54) is 30.0 Å². The molecule has 0 spiro atoms. The molecule has 174 valence electrons. The summed E-state index contributed by atoms with van der Waals surface area (Å²) < 4.78 is 0. The van der Waals surface area contributed by atoms with Crippen molar-refractivity contribution in [1.82, 2.24) is 15.2 Å². The van der Waals surface area contributed by atoms with E-state index >= 15 is 0 Å². The van der Waals surface area contributed by atoms with Crippen LogP contribution in [0.1, 0.15) is 28.8 Å². The van der Waals surface area contributed by atoms with Crippen molar-refractivity contribution in [3.63, 3.8) is 0 Å². The first-order chi connectivity index (χ1) is 15.8. The van der Waals surface area contributed by atoms with E-state index in [-0.39, 0.29) is 17.5 Å². The number of anilines is 1. The van der Waals surface area contributed by atoms with E-state index < -0.39 is 16.7 Å². The molecule has 1 aromatic heterocycles. The van der Waals surface area contributed by atoms with Crippen LogP contribution < -0.4 is 10.6 Å². The summed E-state index contributed by atoms with van der Waals surface area (Å²) in [4.78, 5) is 53.5. The highest BCUT2D eigenvalue weighted by molar-refractivity contribution is 7.98. The number of carbonyl (C=O) groups excluding carboxylic acids is 3. The Bertz CT molecular complexity index is 1070. The van der Waals surface area contributed by atoms with E-state index in [1.54, 1.807) is 30.2 Å². The zero-order chi connectivity index (χ0) is 24.0. The van der Waals surface area contributed by atoms with Crippen molar-refractivity contribution >= 4 is 40.9 Å². The molecule has 1 aromatic carbocycles. The van der Waals surface area contributed by atoms with Gasteiger partial charge in [-0.15, -0.1) is 11.8 Å². The SMILES string of the molecule is CSc1ncccc1C(=O)N1CCC(CNC(=O)C(=O)Nc2ccc([N+](=O)[O-])cc2C)CC1. The van der Waals surface area contributed by atoms with Crippen LogP contribution in [0, 0.1) is 23.0 Å². The lowest BCUT2D eigenvalue weighted by Gasteiger charge is -2.32. The molecule has 0 unspecified atom stereocenters. The number of nitrogens with zero attached hydrogens (tertiary/aromatic N) is 3. The van der Waals surface area contributed by atoms with Crippen LogP contribution in [0.3, 0.4) is 0 Å². The Morgan fingerprint density at radius 2 is 1.94 bits per heavy atom. The first-order valence-corrected chi connectivity index (χ1v) is 11.6. The number of thioether (sulfide) groups is 1. The van der Waals surface area contributed by atoms with Crippen LogP contribution in [0.25, 0.3) is 0 Å². The van der Waals surface area contributed by atoms with Gasteiger partial charge >= 0.3 is 11.8 Å². The maximum absolute atomic E-state index is 12.8. The molecule has 0 radical (unpaired) electrons. The summed E-state index contributed by atoms with van der Waals surface area (Å²) in [6, 6.07) is 7.52. The number of likely N-dealkylation sites (tertiary alicyclic amines) is 1. The Balaban J connectivity index is 1.46. The third-order valence-corrected chi connectivity index (χ3v) is 6.24. The number of aryl methyl sites for hydroxylation is 1. The molecule has 1 aliphatic heterocycles. The van der Waals surface area contributed by atoms with E-state index in [0.29, 0.717) is 54.3 Å². The van der Waals surface area contributed by atoms with Crippen LogP contribution in [-0.4, -0.2) is 58.4 Å². The Labute approximate surface area is 195 Å². The number of nitro benzene ring substituents is 1. The monoisotopic (exact) mass is 471 g/mol. The molecule has 2 heterocycles. The summed E-state index contributed by atoms with van der Waals surface area (Å²) in [6.07, 6.45) is 4.97. The topological polar surface area (TPSA) is 135 Å². The molecule has 2 N–H and O–H groups in total. The van der Waals surface area contributed by atoms with Crippen molar-refractivity contribution in [2.24, 2.45) is 5.92 Å². The summed E-state index contributed by atoms with van der Waals surface area (Å²) in [5.74, 6) is -1.50. The van der Waals surface area contributed by atoms with Gasteiger partial charge in [0.25, 0.3) is 11.6 Å². The predicted octanol–water partition coefficient (Wildman–Crippen LogP) is 2.63. The lowest BCUT2D eigenvalue weighted by atomic mass is 9.96. The van der Waals surface area contributed by atoms with Crippen molar-refractivity contribution in [2.45, 2.75) is 24.8 Å². The molecule has 2 aromatic rings. The quantitative estimate of drug-likeness (QED) is 0.286. The van der Waals surface area contributed by atoms with Gasteiger partial charge < -0.3 is 15.5 Å². The number of amides is 3. The van der Waals surface area contributed by atoms with Gasteiger partial charge in [-0.1, -0.05) is 0 Å². The average molecular weight is 472 g/mol. The first-order valence-electron chi connectivity index (χ1n) is 10.4. The van der Waals surface area contributed by atoms with Gasteiger partial charge in [0, 0.05) is 43.7 Å². The molecule has 10 nitrogen and oxygen atoms in total. The number of nitrogens with one attached hydrogen (secondary N) is 2. The zero-order valence-corrected chi connectivity index (χ0v) is 19.2. The minimum absolute atomic E-state index is 0.0484. The fourth-order valence-corrected chi connectivity index (χ4v) is 4.17. The van der Waals surface area contributed by atoms with Crippen LogP contribution in [0.4, 0.5) is 11.4 Å². The highest BCUT2D eigenvalue weighted by Gasteiger charge is 2.26. The smallest absolute Gasteiger partial charge is 0.313 e. The molecule has 0 bridgehead atoms. The van der Waals surface area contributed by atoms with Gasteiger partial charge in [0.2, 0.25) is 0 Å². The molecule has 33 heavy (non-hydrogen) atoms. The molecule has 0 aliphatic carbocycles. The molecular formula is C22H25N5O5S. The maximum atomic E-state index is 12.8. The van der Waals surface area contributed by atoms with Crippen LogP contribution in [0.2, 0.25) is 0 Å². The second kappa shape index (κ2) is 10.9. The third-order valence-electron chi connectivity index (χ3n) is 5.52. The van der Waals surface area contributed by atoms with Crippen molar-refractivity contribution < 1.29 is 19.3 Å². The van der Waals surface area contributed by atoms with Crippen LogP contribution in [0.5, 0.6) is 0 Å². The summed E-state index contributed by atoms with van der Waals surface area (Å²) >= 11 is 1.43. The third kappa shape index (κ3) is 6.07. The number of hydrogen-bond acceptors (Lipinski definition) is 7. The van der Waals surface area contributed by atoms with Gasteiger partial charge in [-0.25, -0.2) is 4.98 Å². The summed E-state index contributed by atoms with van der Waals surface area (Å²) in [5, 5.41) is 16.6. The van der Waals surface area contributed by atoms with Crippen molar-refractivity contribution in [3.8, 4) is 0 Å². The van der Waals surface area contributed by atoms with E-state index in [0.717, 1.165) is 0 Å². The molecular weight excluding hydrogens is 446 g/mol. The normalized spacial score (nSPS) is 13.9. The number of aromatic nitrogens is 1. The van der Waals surface area contributed by atoms with Gasteiger partial charge in [0.15, 0.2) is 0 Å². The number of non-ortho nitro benzene ring substituents is 1. The number of carbonyl (C=O) groups is 3. The number of hydrogen-bond donors (Lipinski definition) is 2. The lowest BCUT2D eigenvalue weighted by molar-refractivity contribution is -0.384. The minimum Gasteiger partial charge on any atom is -0.348 e. The molecule has 3 rings (SSSR count). The minimum atomic E-state index is -0.833. The van der Waals surface area contributed by atoms with Crippen LogP contribution in [-0.2, 0) is 9.59 Å². The largest absolute Gasteiger partial charge is 0.348 e. The summed E-state index contributed by atoms with van der Waals surface area (Å²) in [5.41, 5.74) is 1.33. The number of rotatable bonds is 6. The number of benzene rings is 1. The van der Waals surface area contributed by atoms with Crippen LogP contribution >= 0.6 is 11.8 Å². The van der Waals surface area contributed by atoms with E-state index in [1.807, 2.05) is 6.26 Å².